The highest BCUT2D eigenvalue weighted by Crippen LogP contribution is 2.37. The van der Waals surface area contributed by atoms with Crippen molar-refractivity contribution in [3.8, 4) is 12.3 Å². The molecule has 1 aliphatic heterocycles. The first kappa shape index (κ1) is 14.2. The van der Waals surface area contributed by atoms with Gasteiger partial charge in [0.15, 0.2) is 5.66 Å². The summed E-state index contributed by atoms with van der Waals surface area (Å²) in [6, 6.07) is -0.000982. The number of carbonyl (C=O) groups is 1. The Bertz CT molecular complexity index is 509. The van der Waals surface area contributed by atoms with E-state index in [4.69, 9.17) is 6.42 Å². The zero-order chi connectivity index (χ0) is 14.4. The maximum atomic E-state index is 11.9. The molecule has 106 valence electrons. The van der Waals surface area contributed by atoms with E-state index in [2.05, 4.69) is 31.5 Å². The van der Waals surface area contributed by atoms with Gasteiger partial charge in [0.1, 0.15) is 12.7 Å². The predicted molar refractivity (Wildman–Crippen MR) is 72.5 cm³/mol. The van der Waals surface area contributed by atoms with Crippen LogP contribution in [0.3, 0.4) is 0 Å². The molecule has 7 nitrogen and oxygen atoms in total. The normalized spacial score (nSPS) is 16.4. The minimum Gasteiger partial charge on any atom is -0.352 e. The zero-order valence-corrected chi connectivity index (χ0v) is 11.5. The van der Waals surface area contributed by atoms with Crippen molar-refractivity contribution in [3.05, 3.63) is 12.7 Å². The molecular weight excluding hydrogens is 256 g/mol. The molecule has 2 rings (SSSR count). The van der Waals surface area contributed by atoms with Crippen LogP contribution < -0.4 is 5.32 Å². The second kappa shape index (κ2) is 6.28. The van der Waals surface area contributed by atoms with Crippen molar-refractivity contribution >= 4 is 5.91 Å². The fourth-order valence-corrected chi connectivity index (χ4v) is 1.98. The maximum Gasteiger partial charge on any atom is 0.220 e. The number of hydrogen-bond donors (Lipinski definition) is 1. The van der Waals surface area contributed by atoms with Gasteiger partial charge in [0, 0.05) is 31.7 Å². The number of carbonyl (C=O) groups excluding carboxylic acids is 1. The Morgan fingerprint density at radius 3 is 2.90 bits per heavy atom. The SMILES string of the molecule is C#CCCC1(CCC(=O)NC(C)Cn2cncn2)N=N1. The quantitative estimate of drug-likeness (QED) is 0.721. The van der Waals surface area contributed by atoms with Crippen LogP contribution in [0, 0.1) is 12.3 Å². The largest absolute Gasteiger partial charge is 0.352 e. The van der Waals surface area contributed by atoms with Gasteiger partial charge in [0.25, 0.3) is 0 Å². The standard InChI is InChI=1S/C13H18N6O/c1-3-4-6-13(17-18-13)7-5-12(20)16-11(2)8-19-10-14-9-15-19/h1,9-11H,4-8H2,2H3,(H,16,20). The number of nitrogens with zero attached hydrogens (tertiary/aromatic N) is 5. The summed E-state index contributed by atoms with van der Waals surface area (Å²) in [6.07, 6.45) is 10.7. The van der Waals surface area contributed by atoms with E-state index in [1.807, 2.05) is 6.92 Å². The first-order valence-electron chi connectivity index (χ1n) is 6.63. The molecule has 0 aliphatic carbocycles. The lowest BCUT2D eigenvalue weighted by Gasteiger charge is -2.14. The molecule has 1 N–H and O–H groups in total. The summed E-state index contributed by atoms with van der Waals surface area (Å²) >= 11 is 0. The molecule has 1 unspecified atom stereocenters. The van der Waals surface area contributed by atoms with Crippen molar-refractivity contribution in [1.29, 1.82) is 0 Å². The topological polar surface area (TPSA) is 84.5 Å². The van der Waals surface area contributed by atoms with E-state index in [9.17, 15) is 4.79 Å². The average Bonchev–Trinajstić information content (AvgIpc) is 3.02. The lowest BCUT2D eigenvalue weighted by Crippen LogP contribution is -2.36. The van der Waals surface area contributed by atoms with Gasteiger partial charge in [-0.3, -0.25) is 9.48 Å². The van der Waals surface area contributed by atoms with Crippen molar-refractivity contribution in [2.75, 3.05) is 0 Å². The van der Waals surface area contributed by atoms with Crippen molar-refractivity contribution < 1.29 is 4.79 Å². The number of terminal acetylenes is 1. The van der Waals surface area contributed by atoms with Crippen LogP contribution in [0.2, 0.25) is 0 Å². The highest BCUT2D eigenvalue weighted by molar-refractivity contribution is 5.76. The van der Waals surface area contributed by atoms with Crippen LogP contribution in [0.25, 0.3) is 0 Å². The van der Waals surface area contributed by atoms with E-state index in [1.165, 1.54) is 6.33 Å². The van der Waals surface area contributed by atoms with Gasteiger partial charge in [-0.2, -0.15) is 15.3 Å². The van der Waals surface area contributed by atoms with E-state index < -0.39 is 5.66 Å². The fourth-order valence-electron chi connectivity index (χ4n) is 1.98. The van der Waals surface area contributed by atoms with Crippen molar-refractivity contribution in [3.63, 3.8) is 0 Å². The van der Waals surface area contributed by atoms with Gasteiger partial charge >= 0.3 is 0 Å². The first-order chi connectivity index (χ1) is 9.63. The Balaban J connectivity index is 1.66. The van der Waals surface area contributed by atoms with E-state index in [-0.39, 0.29) is 11.9 Å². The van der Waals surface area contributed by atoms with Crippen molar-refractivity contribution in [2.45, 2.75) is 50.9 Å². The molecule has 1 amide bonds. The Labute approximate surface area is 117 Å². The van der Waals surface area contributed by atoms with E-state index >= 15 is 0 Å². The van der Waals surface area contributed by atoms with Gasteiger partial charge in [-0.15, -0.1) is 12.3 Å². The van der Waals surface area contributed by atoms with Gasteiger partial charge in [0.2, 0.25) is 5.91 Å². The number of rotatable bonds is 8. The number of amides is 1. The van der Waals surface area contributed by atoms with Gasteiger partial charge in [-0.1, -0.05) is 0 Å². The van der Waals surface area contributed by atoms with Crippen LogP contribution in [0.5, 0.6) is 0 Å². The Morgan fingerprint density at radius 2 is 2.30 bits per heavy atom. The van der Waals surface area contributed by atoms with Crippen molar-refractivity contribution in [1.82, 2.24) is 20.1 Å². The highest BCUT2D eigenvalue weighted by atomic mass is 16.1. The van der Waals surface area contributed by atoms with Crippen LogP contribution >= 0.6 is 0 Å². The van der Waals surface area contributed by atoms with Gasteiger partial charge in [0.05, 0.1) is 6.54 Å². The molecule has 1 aliphatic rings. The molecule has 0 saturated carbocycles. The summed E-state index contributed by atoms with van der Waals surface area (Å²) < 4.78 is 1.69. The van der Waals surface area contributed by atoms with Crippen LogP contribution in [0.4, 0.5) is 0 Å². The van der Waals surface area contributed by atoms with E-state index in [0.717, 1.165) is 6.42 Å². The smallest absolute Gasteiger partial charge is 0.220 e. The van der Waals surface area contributed by atoms with Crippen molar-refractivity contribution in [2.24, 2.45) is 10.2 Å². The second-order valence-corrected chi connectivity index (χ2v) is 4.97. The maximum absolute atomic E-state index is 11.9. The molecule has 0 saturated heterocycles. The van der Waals surface area contributed by atoms with E-state index in [0.29, 0.717) is 25.8 Å². The van der Waals surface area contributed by atoms with Crippen LogP contribution in [0.1, 0.15) is 32.6 Å². The third-order valence-electron chi connectivity index (χ3n) is 3.14. The molecule has 0 bridgehead atoms. The van der Waals surface area contributed by atoms with Gasteiger partial charge in [-0.05, 0) is 6.92 Å². The highest BCUT2D eigenvalue weighted by Gasteiger charge is 2.39. The molecule has 0 aromatic carbocycles. The predicted octanol–water partition coefficient (Wildman–Crippen LogP) is 1.14. The monoisotopic (exact) mass is 274 g/mol. The van der Waals surface area contributed by atoms with Gasteiger partial charge < -0.3 is 5.32 Å². The Kier molecular flexibility index (Phi) is 4.45. The first-order valence-corrected chi connectivity index (χ1v) is 6.63. The molecule has 1 aromatic heterocycles. The van der Waals surface area contributed by atoms with Crippen LogP contribution in [-0.2, 0) is 11.3 Å². The third-order valence-corrected chi connectivity index (χ3v) is 3.14. The molecule has 0 fully saturated rings. The molecule has 20 heavy (non-hydrogen) atoms. The Hall–Kier alpha value is -2.23. The summed E-state index contributed by atoms with van der Waals surface area (Å²) in [6.45, 7) is 2.53. The number of nitrogens with one attached hydrogen (secondary N) is 1. The minimum absolute atomic E-state index is 0.000982. The molecule has 7 heteroatoms. The second-order valence-electron chi connectivity index (χ2n) is 4.97. The third kappa shape index (κ3) is 4.16. The molecule has 0 radical (unpaired) electrons. The molecular formula is C13H18N6O. The molecule has 2 heterocycles. The number of aromatic nitrogens is 3. The summed E-state index contributed by atoms with van der Waals surface area (Å²) in [5, 5.41) is 14.9. The summed E-state index contributed by atoms with van der Waals surface area (Å²) in [5.74, 6) is 2.57. The molecule has 1 aromatic rings. The van der Waals surface area contributed by atoms with Crippen LogP contribution in [0.15, 0.2) is 22.9 Å². The van der Waals surface area contributed by atoms with Crippen LogP contribution in [-0.4, -0.2) is 32.4 Å². The van der Waals surface area contributed by atoms with E-state index in [1.54, 1.807) is 11.0 Å². The van der Waals surface area contributed by atoms with Gasteiger partial charge in [-0.25, -0.2) is 4.98 Å². The summed E-state index contributed by atoms with van der Waals surface area (Å²) in [4.78, 5) is 15.7. The summed E-state index contributed by atoms with van der Waals surface area (Å²) in [5.41, 5.74) is -0.390. The fraction of sp³-hybridized carbons (Fsp3) is 0.615. The molecule has 1 atom stereocenters. The zero-order valence-electron chi connectivity index (χ0n) is 11.5. The minimum atomic E-state index is -0.390. The average molecular weight is 274 g/mol. The molecule has 0 spiro atoms. The lowest BCUT2D eigenvalue weighted by atomic mass is 10.0. The summed E-state index contributed by atoms with van der Waals surface area (Å²) in [7, 11) is 0. The lowest BCUT2D eigenvalue weighted by molar-refractivity contribution is -0.122. The number of hydrogen-bond acceptors (Lipinski definition) is 5. The Morgan fingerprint density at radius 1 is 1.50 bits per heavy atom.